The number of hydrogen-bond acceptors (Lipinski definition) is 4. The highest BCUT2D eigenvalue weighted by atomic mass is 16.7. The number of nitrogens with one attached hydrogen (secondary N) is 1. The fourth-order valence-corrected chi connectivity index (χ4v) is 2.08. The molecule has 0 atom stereocenters. The van der Waals surface area contributed by atoms with Crippen LogP contribution in [0.15, 0.2) is 12.1 Å². The van der Waals surface area contributed by atoms with Crippen LogP contribution in [0.1, 0.15) is 33.4 Å². The summed E-state index contributed by atoms with van der Waals surface area (Å²) < 4.78 is 12.1. The molecule has 7 heteroatoms. The summed E-state index contributed by atoms with van der Waals surface area (Å²) in [6.45, 7) is 9.94. The van der Waals surface area contributed by atoms with Crippen LogP contribution in [-0.2, 0) is 9.31 Å². The minimum absolute atomic E-state index is 0.213. The monoisotopic (exact) mass is 305 g/mol. The zero-order valence-electron chi connectivity index (χ0n) is 14.4. The number of pyridine rings is 1. The molecule has 6 nitrogen and oxygen atoms in total. The molecule has 0 bridgehead atoms. The summed E-state index contributed by atoms with van der Waals surface area (Å²) in [6.07, 6.45) is 0. The average Bonchev–Trinajstić information content (AvgIpc) is 2.58. The zero-order valence-corrected chi connectivity index (χ0v) is 14.4. The Balaban J connectivity index is 2.20. The molecular weight excluding hydrogens is 281 g/mol. The van der Waals surface area contributed by atoms with Gasteiger partial charge in [-0.15, -0.1) is 0 Å². The number of carbonyl (C=O) groups is 1. The zero-order chi connectivity index (χ0) is 16.7. The van der Waals surface area contributed by atoms with E-state index in [1.807, 2.05) is 40.7 Å². The van der Waals surface area contributed by atoms with Gasteiger partial charge in [0.25, 0.3) is 0 Å². The predicted octanol–water partition coefficient (Wildman–Crippen LogP) is 1.78. The number of carbonyl (C=O) groups excluding carboxylic acids is 1. The van der Waals surface area contributed by atoms with Crippen LogP contribution in [0.5, 0.6) is 0 Å². The van der Waals surface area contributed by atoms with E-state index in [0.29, 0.717) is 5.82 Å². The van der Waals surface area contributed by atoms with Crippen molar-refractivity contribution in [1.82, 2.24) is 9.88 Å². The Morgan fingerprint density at radius 2 is 1.73 bits per heavy atom. The molecule has 0 radical (unpaired) electrons. The van der Waals surface area contributed by atoms with Gasteiger partial charge in [-0.1, -0.05) is 6.07 Å². The summed E-state index contributed by atoms with van der Waals surface area (Å²) >= 11 is 0. The lowest BCUT2D eigenvalue weighted by molar-refractivity contribution is 0.00578. The maximum Gasteiger partial charge on any atom is 0.496 e. The molecule has 1 aromatic heterocycles. The molecule has 0 spiro atoms. The van der Waals surface area contributed by atoms with E-state index < -0.39 is 7.12 Å². The Bertz CT molecular complexity index is 571. The van der Waals surface area contributed by atoms with Crippen molar-refractivity contribution in [2.24, 2.45) is 0 Å². The smallest absolute Gasteiger partial charge is 0.399 e. The molecule has 1 aromatic rings. The quantitative estimate of drug-likeness (QED) is 0.846. The van der Waals surface area contributed by atoms with Crippen LogP contribution in [0, 0.1) is 6.92 Å². The van der Waals surface area contributed by atoms with Crippen LogP contribution >= 0.6 is 0 Å². The molecule has 2 heterocycles. The van der Waals surface area contributed by atoms with E-state index in [1.54, 1.807) is 20.2 Å². The molecule has 120 valence electrons. The van der Waals surface area contributed by atoms with Crippen LogP contribution in [0.4, 0.5) is 10.6 Å². The van der Waals surface area contributed by atoms with Crippen LogP contribution in [-0.4, -0.2) is 48.3 Å². The Hall–Kier alpha value is -1.60. The molecule has 1 saturated heterocycles. The van der Waals surface area contributed by atoms with Gasteiger partial charge in [0.2, 0.25) is 0 Å². The second-order valence-corrected chi connectivity index (χ2v) is 6.78. The minimum atomic E-state index is -0.448. The van der Waals surface area contributed by atoms with Gasteiger partial charge in [-0.25, -0.2) is 9.78 Å². The molecule has 1 N–H and O–H groups in total. The summed E-state index contributed by atoms with van der Waals surface area (Å²) in [4.78, 5) is 17.5. The van der Waals surface area contributed by atoms with E-state index in [9.17, 15) is 4.79 Å². The van der Waals surface area contributed by atoms with Crippen molar-refractivity contribution in [2.75, 3.05) is 19.4 Å². The van der Waals surface area contributed by atoms with Gasteiger partial charge in [-0.2, -0.15) is 0 Å². The van der Waals surface area contributed by atoms with Crippen LogP contribution in [0.25, 0.3) is 0 Å². The molecule has 0 aromatic carbocycles. The lowest BCUT2D eigenvalue weighted by Gasteiger charge is -2.32. The molecule has 1 aliphatic rings. The average molecular weight is 305 g/mol. The Labute approximate surface area is 132 Å². The summed E-state index contributed by atoms with van der Waals surface area (Å²) in [5, 5.41) is 2.73. The third-order valence-corrected chi connectivity index (χ3v) is 4.28. The molecule has 0 saturated carbocycles. The Kier molecular flexibility index (Phi) is 4.23. The predicted molar refractivity (Wildman–Crippen MR) is 87.4 cm³/mol. The topological polar surface area (TPSA) is 63.7 Å². The highest BCUT2D eigenvalue weighted by molar-refractivity contribution is 6.62. The van der Waals surface area contributed by atoms with Crippen LogP contribution in [0.2, 0.25) is 0 Å². The van der Waals surface area contributed by atoms with E-state index in [1.165, 1.54) is 4.90 Å². The molecule has 1 aliphatic heterocycles. The molecule has 0 aliphatic carbocycles. The number of urea groups is 1. The first-order valence-electron chi connectivity index (χ1n) is 7.35. The first-order valence-corrected chi connectivity index (χ1v) is 7.35. The maximum atomic E-state index is 11.7. The molecule has 2 amide bonds. The second kappa shape index (κ2) is 5.55. The van der Waals surface area contributed by atoms with Crippen molar-refractivity contribution in [3.63, 3.8) is 0 Å². The lowest BCUT2D eigenvalue weighted by Crippen LogP contribution is -2.41. The fraction of sp³-hybridized carbons (Fsp3) is 0.600. The highest BCUT2D eigenvalue weighted by Gasteiger charge is 2.52. The molecule has 1 fully saturated rings. The largest absolute Gasteiger partial charge is 0.496 e. The number of anilines is 1. The number of nitrogens with zero attached hydrogens (tertiary/aromatic N) is 2. The summed E-state index contributed by atoms with van der Waals surface area (Å²) in [5.74, 6) is 0.511. The van der Waals surface area contributed by atoms with Crippen molar-refractivity contribution in [3.05, 3.63) is 17.8 Å². The van der Waals surface area contributed by atoms with E-state index >= 15 is 0 Å². The molecule has 22 heavy (non-hydrogen) atoms. The van der Waals surface area contributed by atoms with Gasteiger partial charge in [-0.05, 0) is 40.7 Å². The second-order valence-electron chi connectivity index (χ2n) is 6.78. The van der Waals surface area contributed by atoms with Crippen LogP contribution in [0.3, 0.4) is 0 Å². The summed E-state index contributed by atoms with van der Waals surface area (Å²) in [7, 11) is 2.91. The van der Waals surface area contributed by atoms with Gasteiger partial charge in [-0.3, -0.25) is 5.32 Å². The summed E-state index contributed by atoms with van der Waals surface area (Å²) in [5.41, 5.74) is 0.876. The third kappa shape index (κ3) is 3.10. The summed E-state index contributed by atoms with van der Waals surface area (Å²) in [6, 6.07) is 3.43. The van der Waals surface area contributed by atoms with Gasteiger partial charge >= 0.3 is 13.1 Å². The number of amides is 2. The van der Waals surface area contributed by atoms with Crippen molar-refractivity contribution >= 4 is 24.4 Å². The number of aromatic nitrogens is 1. The van der Waals surface area contributed by atoms with Gasteiger partial charge in [0.15, 0.2) is 0 Å². The van der Waals surface area contributed by atoms with Gasteiger partial charge < -0.3 is 14.2 Å². The number of aryl methyl sites for hydroxylation is 1. The first-order chi connectivity index (χ1) is 10.0. The maximum absolute atomic E-state index is 11.7. The molecule has 0 unspecified atom stereocenters. The minimum Gasteiger partial charge on any atom is -0.399 e. The number of rotatable bonds is 2. The van der Waals surface area contributed by atoms with Gasteiger partial charge in [0.05, 0.1) is 11.2 Å². The van der Waals surface area contributed by atoms with Crippen molar-refractivity contribution in [1.29, 1.82) is 0 Å². The van der Waals surface area contributed by atoms with Crippen molar-refractivity contribution in [2.45, 2.75) is 45.8 Å². The normalized spacial score (nSPS) is 19.1. The van der Waals surface area contributed by atoms with E-state index in [0.717, 1.165) is 11.2 Å². The van der Waals surface area contributed by atoms with Gasteiger partial charge in [0.1, 0.15) is 5.82 Å². The van der Waals surface area contributed by atoms with E-state index in [-0.39, 0.29) is 17.2 Å². The van der Waals surface area contributed by atoms with Crippen molar-refractivity contribution < 1.29 is 14.1 Å². The fourth-order valence-electron chi connectivity index (χ4n) is 2.08. The number of hydrogen-bond donors (Lipinski definition) is 1. The van der Waals surface area contributed by atoms with Crippen LogP contribution < -0.4 is 10.8 Å². The first kappa shape index (κ1) is 16.8. The van der Waals surface area contributed by atoms with Crippen molar-refractivity contribution in [3.8, 4) is 0 Å². The third-order valence-electron chi connectivity index (χ3n) is 4.28. The Morgan fingerprint density at radius 1 is 1.18 bits per heavy atom. The van der Waals surface area contributed by atoms with E-state index in [2.05, 4.69) is 10.3 Å². The highest BCUT2D eigenvalue weighted by Crippen LogP contribution is 2.36. The van der Waals surface area contributed by atoms with Gasteiger partial charge in [0, 0.05) is 25.3 Å². The SMILES string of the molecule is Cc1nc(NC(=O)N(C)C)ccc1B1OC(C)(C)C(C)(C)O1. The molecule has 2 rings (SSSR count). The van der Waals surface area contributed by atoms with E-state index in [4.69, 9.17) is 9.31 Å². The molecular formula is C15H24BN3O3. The lowest BCUT2D eigenvalue weighted by atomic mass is 9.78. The standard InChI is InChI=1S/C15H24BN3O3/c1-10-11(16-21-14(2,3)15(4,5)22-16)8-9-12(17-10)18-13(20)19(6)7/h8-9H,1-7H3,(H,17,18,20). The Morgan fingerprint density at radius 3 is 2.18 bits per heavy atom.